The number of hydrogen-bond donors (Lipinski definition) is 2. The lowest BCUT2D eigenvalue weighted by Crippen LogP contribution is -2.44. The van der Waals surface area contributed by atoms with Crippen molar-refractivity contribution in [2.75, 3.05) is 0 Å². The van der Waals surface area contributed by atoms with Crippen molar-refractivity contribution in [3.63, 3.8) is 0 Å². The Bertz CT molecular complexity index is 609. The molecule has 0 aliphatic heterocycles. The average Bonchev–Trinajstić information content (AvgIpc) is 2.49. The lowest BCUT2D eigenvalue weighted by Gasteiger charge is -2.16. The largest absolute Gasteiger partial charge is 0.416 e. The summed E-state index contributed by atoms with van der Waals surface area (Å²) in [5.41, 5.74) is 4.02. The van der Waals surface area contributed by atoms with Gasteiger partial charge in [0.1, 0.15) is 6.04 Å². The number of carbonyl (C=O) groups excluding carboxylic acids is 2. The maximum absolute atomic E-state index is 12.6. The number of nitriles is 1. The smallest absolute Gasteiger partial charge is 0.368 e. The molecule has 0 aliphatic rings. The molecule has 0 unspecified atom stereocenters. The van der Waals surface area contributed by atoms with Gasteiger partial charge in [0.25, 0.3) is 5.91 Å². The van der Waals surface area contributed by atoms with E-state index in [-0.39, 0.29) is 12.0 Å². The van der Waals surface area contributed by atoms with Gasteiger partial charge in [0.15, 0.2) is 0 Å². The standard InChI is InChI=1S/C15H16F3N3O2/c16-15(17,18)11-6-4-5-10(9-11)14(23)21-12(13(20)22)7-2-1-3-8-19/h4-6,9,12H,1-3,7H2,(H2,20,22)(H,21,23)/t12-/m0/s1. The first-order valence-corrected chi connectivity index (χ1v) is 6.90. The minimum absolute atomic E-state index is 0.205. The molecular formula is C15H16F3N3O2. The van der Waals surface area contributed by atoms with Gasteiger partial charge < -0.3 is 11.1 Å². The Morgan fingerprint density at radius 3 is 2.57 bits per heavy atom. The number of hydrogen-bond acceptors (Lipinski definition) is 3. The zero-order valence-corrected chi connectivity index (χ0v) is 12.2. The van der Waals surface area contributed by atoms with Crippen LogP contribution < -0.4 is 11.1 Å². The Morgan fingerprint density at radius 2 is 2.00 bits per heavy atom. The molecule has 23 heavy (non-hydrogen) atoms. The molecule has 1 aromatic rings. The van der Waals surface area contributed by atoms with Gasteiger partial charge >= 0.3 is 6.18 Å². The van der Waals surface area contributed by atoms with E-state index in [1.165, 1.54) is 6.07 Å². The second-order valence-electron chi connectivity index (χ2n) is 4.91. The fourth-order valence-electron chi connectivity index (χ4n) is 1.92. The van der Waals surface area contributed by atoms with Crippen molar-refractivity contribution in [2.45, 2.75) is 37.9 Å². The van der Waals surface area contributed by atoms with E-state index in [1.807, 2.05) is 6.07 Å². The number of amides is 2. The molecule has 1 aromatic carbocycles. The summed E-state index contributed by atoms with van der Waals surface area (Å²) >= 11 is 0. The summed E-state index contributed by atoms with van der Waals surface area (Å²) in [6.45, 7) is 0. The summed E-state index contributed by atoms with van der Waals surface area (Å²) in [6, 6.07) is 4.86. The van der Waals surface area contributed by atoms with Crippen LogP contribution >= 0.6 is 0 Å². The van der Waals surface area contributed by atoms with E-state index in [4.69, 9.17) is 11.0 Å². The van der Waals surface area contributed by atoms with Gasteiger partial charge in [0, 0.05) is 12.0 Å². The Kier molecular flexibility index (Phi) is 6.57. The number of benzene rings is 1. The van der Waals surface area contributed by atoms with Crippen LogP contribution in [0.4, 0.5) is 13.2 Å². The summed E-state index contributed by atoms with van der Waals surface area (Å²) in [4.78, 5) is 23.3. The van der Waals surface area contributed by atoms with Crippen molar-refractivity contribution in [3.05, 3.63) is 35.4 Å². The first kappa shape index (κ1) is 18.5. The molecule has 8 heteroatoms. The Balaban J connectivity index is 2.76. The molecule has 1 rings (SSSR count). The number of unbranched alkanes of at least 4 members (excludes halogenated alkanes) is 2. The average molecular weight is 327 g/mol. The third kappa shape index (κ3) is 5.98. The highest BCUT2D eigenvalue weighted by Crippen LogP contribution is 2.29. The van der Waals surface area contributed by atoms with Crippen LogP contribution in [-0.4, -0.2) is 17.9 Å². The summed E-state index contributed by atoms with van der Waals surface area (Å²) < 4.78 is 37.9. The molecular weight excluding hydrogens is 311 g/mol. The van der Waals surface area contributed by atoms with Crippen LogP contribution in [0.5, 0.6) is 0 Å². The molecule has 0 aliphatic carbocycles. The number of nitrogens with two attached hydrogens (primary N) is 1. The number of alkyl halides is 3. The number of carbonyl (C=O) groups is 2. The van der Waals surface area contributed by atoms with E-state index < -0.39 is 29.6 Å². The fraction of sp³-hybridized carbons (Fsp3) is 0.400. The highest BCUT2D eigenvalue weighted by Gasteiger charge is 2.31. The minimum Gasteiger partial charge on any atom is -0.368 e. The van der Waals surface area contributed by atoms with Gasteiger partial charge in [-0.25, -0.2) is 0 Å². The molecule has 2 amide bonds. The highest BCUT2D eigenvalue weighted by atomic mass is 19.4. The van der Waals surface area contributed by atoms with Gasteiger partial charge in [0.05, 0.1) is 11.6 Å². The van der Waals surface area contributed by atoms with E-state index in [1.54, 1.807) is 0 Å². The van der Waals surface area contributed by atoms with E-state index in [0.29, 0.717) is 25.3 Å². The number of nitrogens with one attached hydrogen (secondary N) is 1. The molecule has 0 saturated heterocycles. The zero-order chi connectivity index (χ0) is 17.5. The molecule has 0 heterocycles. The third-order valence-electron chi connectivity index (χ3n) is 3.13. The summed E-state index contributed by atoms with van der Waals surface area (Å²) in [6.07, 6.45) is -2.99. The molecule has 0 spiro atoms. The predicted molar refractivity (Wildman–Crippen MR) is 76.0 cm³/mol. The third-order valence-corrected chi connectivity index (χ3v) is 3.13. The second-order valence-corrected chi connectivity index (χ2v) is 4.91. The van der Waals surface area contributed by atoms with Crippen molar-refractivity contribution in [3.8, 4) is 6.07 Å². The van der Waals surface area contributed by atoms with Crippen molar-refractivity contribution in [1.82, 2.24) is 5.32 Å². The van der Waals surface area contributed by atoms with Gasteiger partial charge in [-0.05, 0) is 37.5 Å². The highest BCUT2D eigenvalue weighted by molar-refractivity contribution is 5.97. The van der Waals surface area contributed by atoms with Crippen molar-refractivity contribution < 1.29 is 22.8 Å². The quantitative estimate of drug-likeness (QED) is 0.753. The summed E-state index contributed by atoms with van der Waals surface area (Å²) in [5, 5.41) is 10.7. The van der Waals surface area contributed by atoms with Gasteiger partial charge in [0.2, 0.25) is 5.91 Å². The topological polar surface area (TPSA) is 96.0 Å². The molecule has 1 atom stereocenters. The lowest BCUT2D eigenvalue weighted by molar-refractivity contribution is -0.137. The maximum Gasteiger partial charge on any atom is 0.416 e. The normalized spacial score (nSPS) is 12.3. The van der Waals surface area contributed by atoms with Crippen molar-refractivity contribution >= 4 is 11.8 Å². The molecule has 0 saturated carbocycles. The number of nitrogens with zero attached hydrogens (tertiary/aromatic N) is 1. The van der Waals surface area contributed by atoms with Crippen LogP contribution in [0.1, 0.15) is 41.6 Å². The maximum atomic E-state index is 12.6. The van der Waals surface area contributed by atoms with Crippen LogP contribution in [0.15, 0.2) is 24.3 Å². The summed E-state index contributed by atoms with van der Waals surface area (Å²) in [7, 11) is 0. The van der Waals surface area contributed by atoms with Gasteiger partial charge in [-0.15, -0.1) is 0 Å². The van der Waals surface area contributed by atoms with E-state index in [9.17, 15) is 22.8 Å². The Morgan fingerprint density at radius 1 is 1.30 bits per heavy atom. The molecule has 3 N–H and O–H groups in total. The molecule has 0 bridgehead atoms. The molecule has 124 valence electrons. The Hall–Kier alpha value is -2.56. The monoisotopic (exact) mass is 327 g/mol. The van der Waals surface area contributed by atoms with E-state index >= 15 is 0 Å². The number of halogens is 3. The first-order chi connectivity index (χ1) is 10.8. The van der Waals surface area contributed by atoms with Crippen LogP contribution in [-0.2, 0) is 11.0 Å². The predicted octanol–water partition coefficient (Wildman–Crippen LogP) is 2.37. The van der Waals surface area contributed by atoms with E-state index in [0.717, 1.165) is 12.1 Å². The van der Waals surface area contributed by atoms with Gasteiger partial charge in [-0.2, -0.15) is 18.4 Å². The van der Waals surface area contributed by atoms with E-state index in [2.05, 4.69) is 5.32 Å². The second kappa shape index (κ2) is 8.17. The van der Waals surface area contributed by atoms with Crippen LogP contribution in [0.2, 0.25) is 0 Å². The van der Waals surface area contributed by atoms with Gasteiger partial charge in [-0.3, -0.25) is 9.59 Å². The van der Waals surface area contributed by atoms with Crippen LogP contribution in [0, 0.1) is 11.3 Å². The fourth-order valence-corrected chi connectivity index (χ4v) is 1.92. The number of rotatable bonds is 7. The van der Waals surface area contributed by atoms with Crippen molar-refractivity contribution in [1.29, 1.82) is 5.26 Å². The Labute approximate surface area is 131 Å². The SMILES string of the molecule is N#CCCCC[C@H](NC(=O)c1cccc(C(F)(F)F)c1)C(N)=O. The molecule has 5 nitrogen and oxygen atoms in total. The number of primary amides is 1. The molecule has 0 fully saturated rings. The molecule has 0 radical (unpaired) electrons. The lowest BCUT2D eigenvalue weighted by atomic mass is 10.1. The van der Waals surface area contributed by atoms with Crippen LogP contribution in [0.25, 0.3) is 0 Å². The van der Waals surface area contributed by atoms with Crippen LogP contribution in [0.3, 0.4) is 0 Å². The zero-order valence-electron chi connectivity index (χ0n) is 12.2. The van der Waals surface area contributed by atoms with Crippen molar-refractivity contribution in [2.24, 2.45) is 5.73 Å². The first-order valence-electron chi connectivity index (χ1n) is 6.90. The minimum atomic E-state index is -4.56. The molecule has 0 aromatic heterocycles. The van der Waals surface area contributed by atoms with Gasteiger partial charge in [-0.1, -0.05) is 6.07 Å². The summed E-state index contributed by atoms with van der Waals surface area (Å²) in [5.74, 6) is -1.58.